The number of aromatic nitrogens is 4. The van der Waals surface area contributed by atoms with Crippen LogP contribution in [-0.2, 0) is 9.53 Å². The molecule has 0 amide bonds. The van der Waals surface area contributed by atoms with E-state index in [1.807, 2.05) is 20.8 Å². The Bertz CT molecular complexity index is 857. The highest BCUT2D eigenvalue weighted by atomic mass is 16.5. The molecule has 9 heteroatoms. The first-order chi connectivity index (χ1) is 12.0. The van der Waals surface area contributed by atoms with Gasteiger partial charge in [0.2, 0.25) is 5.88 Å². The Morgan fingerprint density at radius 3 is 2.88 bits per heavy atom. The molecule has 3 heterocycles. The van der Waals surface area contributed by atoms with Gasteiger partial charge in [-0.15, -0.1) is 0 Å². The number of nitrogens with one attached hydrogen (secondary N) is 1. The van der Waals surface area contributed by atoms with Gasteiger partial charge in [-0.05, 0) is 20.3 Å². The van der Waals surface area contributed by atoms with Crippen LogP contribution in [0, 0.1) is 0 Å². The number of carbonyl (C=O) groups excluding carboxylic acids is 1. The van der Waals surface area contributed by atoms with Crippen LogP contribution >= 0.6 is 0 Å². The van der Waals surface area contributed by atoms with Gasteiger partial charge in [0.05, 0.1) is 19.4 Å². The molecule has 3 rings (SSSR count). The van der Waals surface area contributed by atoms with Crippen molar-refractivity contribution in [3.63, 3.8) is 0 Å². The van der Waals surface area contributed by atoms with Crippen LogP contribution in [0.4, 0.5) is 0 Å². The molecule has 9 nitrogen and oxygen atoms in total. The quantitative estimate of drug-likeness (QED) is 0.817. The van der Waals surface area contributed by atoms with Gasteiger partial charge in [0.1, 0.15) is 12.7 Å². The summed E-state index contributed by atoms with van der Waals surface area (Å²) in [5, 5.41) is 4.08. The van der Waals surface area contributed by atoms with Crippen molar-refractivity contribution >= 4 is 29.5 Å². The summed E-state index contributed by atoms with van der Waals surface area (Å²) >= 11 is 0. The molecule has 0 radical (unpaired) electrons. The third kappa shape index (κ3) is 2.81. The number of hydrogen-bond acceptors (Lipinski definition) is 8. The highest BCUT2D eigenvalue weighted by Gasteiger charge is 2.45. The minimum Gasteiger partial charge on any atom is -0.479 e. The summed E-state index contributed by atoms with van der Waals surface area (Å²) in [4.78, 5) is 25.2. The van der Waals surface area contributed by atoms with E-state index in [4.69, 9.17) is 9.47 Å². The van der Waals surface area contributed by atoms with Crippen LogP contribution in [0.1, 0.15) is 27.2 Å². The third-order valence-electron chi connectivity index (χ3n) is 3.97. The standard InChI is InChI=1S/C16H20N6O3/c1-5-16(15(23)25-10(2)3)11(6-20-21-16)7-22-9-19-12-13(22)17-8-18-14(12)24-4/h6-10,21H,5H2,1-4H3/b11-7+. The number of methoxy groups -OCH3 is 1. The average Bonchev–Trinajstić information content (AvgIpc) is 3.19. The molecular weight excluding hydrogens is 324 g/mol. The fraction of sp³-hybridized carbons (Fsp3) is 0.438. The molecule has 2 aromatic rings. The van der Waals surface area contributed by atoms with E-state index in [-0.39, 0.29) is 12.1 Å². The molecule has 132 valence electrons. The lowest BCUT2D eigenvalue weighted by atomic mass is 9.89. The Kier molecular flexibility index (Phi) is 4.39. The van der Waals surface area contributed by atoms with Crippen molar-refractivity contribution in [3.05, 3.63) is 18.2 Å². The number of hydrazone groups is 1. The molecule has 0 bridgehead atoms. The molecule has 1 atom stereocenters. The minimum absolute atomic E-state index is 0.217. The number of imidazole rings is 1. The van der Waals surface area contributed by atoms with Gasteiger partial charge in [0.25, 0.3) is 0 Å². The molecule has 0 aliphatic carbocycles. The fourth-order valence-corrected chi connectivity index (χ4v) is 2.66. The molecule has 0 saturated heterocycles. The predicted octanol–water partition coefficient (Wildman–Crippen LogP) is 1.37. The Labute approximate surface area is 144 Å². The third-order valence-corrected chi connectivity index (χ3v) is 3.97. The van der Waals surface area contributed by atoms with E-state index in [1.54, 1.807) is 23.3 Å². The van der Waals surface area contributed by atoms with E-state index in [0.29, 0.717) is 29.0 Å². The van der Waals surface area contributed by atoms with Gasteiger partial charge in [-0.1, -0.05) is 6.92 Å². The Morgan fingerprint density at radius 1 is 1.40 bits per heavy atom. The second-order valence-corrected chi connectivity index (χ2v) is 5.87. The molecule has 1 unspecified atom stereocenters. The molecule has 1 aliphatic heterocycles. The zero-order chi connectivity index (χ0) is 18.0. The van der Waals surface area contributed by atoms with E-state index in [9.17, 15) is 4.79 Å². The van der Waals surface area contributed by atoms with E-state index in [0.717, 1.165) is 0 Å². The SMILES string of the molecule is CCC1(C(=O)OC(C)C)NN=C/C1=C\n1cnc2c(OC)ncnc21. The molecule has 0 aromatic carbocycles. The number of ether oxygens (including phenoxy) is 2. The lowest BCUT2D eigenvalue weighted by Gasteiger charge is -2.27. The summed E-state index contributed by atoms with van der Waals surface area (Å²) in [5.41, 5.74) is 3.64. The monoisotopic (exact) mass is 344 g/mol. The number of nitrogens with zero attached hydrogens (tertiary/aromatic N) is 5. The second kappa shape index (κ2) is 6.50. The largest absolute Gasteiger partial charge is 0.479 e. The predicted molar refractivity (Wildman–Crippen MR) is 92.0 cm³/mol. The Hall–Kier alpha value is -2.97. The lowest BCUT2D eigenvalue weighted by molar-refractivity contribution is -0.153. The first-order valence-corrected chi connectivity index (χ1v) is 7.97. The first-order valence-electron chi connectivity index (χ1n) is 7.97. The maximum Gasteiger partial charge on any atom is 0.338 e. The minimum atomic E-state index is -1.03. The molecule has 0 fully saturated rings. The van der Waals surface area contributed by atoms with Gasteiger partial charge in [-0.25, -0.2) is 14.8 Å². The van der Waals surface area contributed by atoms with Gasteiger partial charge in [0.15, 0.2) is 16.7 Å². The smallest absolute Gasteiger partial charge is 0.338 e. The van der Waals surface area contributed by atoms with Crippen molar-refractivity contribution in [1.29, 1.82) is 0 Å². The summed E-state index contributed by atoms with van der Waals surface area (Å²) in [6.07, 6.45) is 6.63. The number of hydrogen-bond donors (Lipinski definition) is 1. The van der Waals surface area contributed by atoms with Gasteiger partial charge in [-0.3, -0.25) is 9.99 Å². The van der Waals surface area contributed by atoms with Crippen LogP contribution in [0.2, 0.25) is 0 Å². The van der Waals surface area contributed by atoms with Crippen LogP contribution < -0.4 is 10.2 Å². The molecule has 25 heavy (non-hydrogen) atoms. The Morgan fingerprint density at radius 2 is 2.20 bits per heavy atom. The van der Waals surface area contributed by atoms with Gasteiger partial charge in [0, 0.05) is 11.8 Å². The van der Waals surface area contributed by atoms with E-state index in [2.05, 4.69) is 25.5 Å². The summed E-state index contributed by atoms with van der Waals surface area (Å²) in [6, 6.07) is 0. The van der Waals surface area contributed by atoms with Crippen LogP contribution in [0.3, 0.4) is 0 Å². The topological polar surface area (TPSA) is 104 Å². The second-order valence-electron chi connectivity index (χ2n) is 5.87. The van der Waals surface area contributed by atoms with Crippen LogP contribution in [0.25, 0.3) is 17.4 Å². The number of fused-ring (bicyclic) bond motifs is 1. The maximum absolute atomic E-state index is 12.6. The average molecular weight is 344 g/mol. The lowest BCUT2D eigenvalue weighted by Crippen LogP contribution is -2.49. The van der Waals surface area contributed by atoms with Crippen molar-refractivity contribution in [3.8, 4) is 5.88 Å². The fourth-order valence-electron chi connectivity index (χ4n) is 2.66. The number of rotatable bonds is 5. The van der Waals surface area contributed by atoms with Crippen LogP contribution in [0.5, 0.6) is 5.88 Å². The zero-order valence-corrected chi connectivity index (χ0v) is 14.6. The van der Waals surface area contributed by atoms with Crippen molar-refractivity contribution in [2.24, 2.45) is 5.10 Å². The maximum atomic E-state index is 12.6. The molecule has 0 saturated carbocycles. The van der Waals surface area contributed by atoms with Gasteiger partial charge in [-0.2, -0.15) is 10.1 Å². The van der Waals surface area contributed by atoms with Crippen molar-refractivity contribution in [1.82, 2.24) is 24.9 Å². The summed E-state index contributed by atoms with van der Waals surface area (Å²) in [7, 11) is 1.52. The first kappa shape index (κ1) is 16.9. The van der Waals surface area contributed by atoms with Crippen molar-refractivity contribution in [2.75, 3.05) is 7.11 Å². The number of esters is 1. The van der Waals surface area contributed by atoms with Gasteiger partial charge < -0.3 is 9.47 Å². The van der Waals surface area contributed by atoms with E-state index < -0.39 is 5.54 Å². The normalized spacial score (nSPS) is 21.1. The molecular formula is C16H20N6O3. The summed E-state index contributed by atoms with van der Waals surface area (Å²) < 4.78 is 12.3. The molecule has 1 aliphatic rings. The zero-order valence-electron chi connectivity index (χ0n) is 14.6. The molecule has 2 aromatic heterocycles. The molecule has 0 spiro atoms. The summed E-state index contributed by atoms with van der Waals surface area (Å²) in [5.74, 6) is 0.0201. The van der Waals surface area contributed by atoms with E-state index in [1.165, 1.54) is 13.4 Å². The highest BCUT2D eigenvalue weighted by molar-refractivity contribution is 6.01. The van der Waals surface area contributed by atoms with Crippen molar-refractivity contribution in [2.45, 2.75) is 38.8 Å². The molecule has 1 N–H and O–H groups in total. The van der Waals surface area contributed by atoms with Gasteiger partial charge >= 0.3 is 5.97 Å². The summed E-state index contributed by atoms with van der Waals surface area (Å²) in [6.45, 7) is 5.52. The highest BCUT2D eigenvalue weighted by Crippen LogP contribution is 2.28. The number of carbonyl (C=O) groups is 1. The van der Waals surface area contributed by atoms with E-state index >= 15 is 0 Å². The van der Waals surface area contributed by atoms with Crippen LogP contribution in [0.15, 0.2) is 23.3 Å². The Balaban J connectivity index is 2.05. The van der Waals surface area contributed by atoms with Crippen LogP contribution in [-0.4, -0.2) is 50.5 Å². The van der Waals surface area contributed by atoms with Crippen molar-refractivity contribution < 1.29 is 14.3 Å².